The Balaban J connectivity index is 1.66. The largest absolute Gasteiger partial charge is 0.416 e. The van der Waals surface area contributed by atoms with Gasteiger partial charge in [-0.2, -0.15) is 13.2 Å². The molecular weight excluding hydrogens is 379 g/mol. The van der Waals surface area contributed by atoms with Crippen molar-refractivity contribution in [2.75, 3.05) is 13.1 Å². The number of carbonyl (C=O) groups is 1. The Morgan fingerprint density at radius 2 is 1.79 bits per heavy atom. The van der Waals surface area contributed by atoms with E-state index in [4.69, 9.17) is 0 Å². The topological polar surface area (TPSA) is 41.1 Å². The maximum absolute atomic E-state index is 13.6. The van der Waals surface area contributed by atoms with E-state index in [1.807, 2.05) is 0 Å². The molecule has 0 aromatic heterocycles. The van der Waals surface area contributed by atoms with Crippen molar-refractivity contribution in [1.29, 1.82) is 0 Å². The van der Waals surface area contributed by atoms with Crippen molar-refractivity contribution < 1.29 is 26.7 Å². The molecule has 3 rings (SSSR count). The van der Waals surface area contributed by atoms with E-state index >= 15 is 0 Å². The Kier molecular flexibility index (Phi) is 5.98. The van der Waals surface area contributed by atoms with Crippen molar-refractivity contribution in [3.8, 4) is 0 Å². The second-order valence-electron chi connectivity index (χ2n) is 6.82. The molecule has 28 heavy (non-hydrogen) atoms. The van der Waals surface area contributed by atoms with Gasteiger partial charge in [-0.05, 0) is 48.4 Å². The first-order valence-corrected chi connectivity index (χ1v) is 8.85. The van der Waals surface area contributed by atoms with Crippen LogP contribution < -0.4 is 10.6 Å². The molecule has 0 aliphatic carbocycles. The first-order valence-electron chi connectivity index (χ1n) is 8.85. The Morgan fingerprint density at radius 3 is 2.43 bits per heavy atom. The number of piperidine rings is 1. The van der Waals surface area contributed by atoms with Gasteiger partial charge < -0.3 is 10.6 Å². The van der Waals surface area contributed by atoms with Gasteiger partial charge in [0.1, 0.15) is 0 Å². The van der Waals surface area contributed by atoms with Gasteiger partial charge in [0.15, 0.2) is 11.6 Å². The molecule has 2 aromatic rings. The van der Waals surface area contributed by atoms with E-state index in [2.05, 4.69) is 10.6 Å². The summed E-state index contributed by atoms with van der Waals surface area (Å²) in [6.07, 6.45) is -3.86. The molecule has 2 aromatic carbocycles. The Bertz CT molecular complexity index is 835. The second kappa shape index (κ2) is 8.26. The van der Waals surface area contributed by atoms with Crippen molar-refractivity contribution in [1.82, 2.24) is 10.6 Å². The summed E-state index contributed by atoms with van der Waals surface area (Å²) in [7, 11) is 0. The van der Waals surface area contributed by atoms with Gasteiger partial charge in [0.05, 0.1) is 12.0 Å². The van der Waals surface area contributed by atoms with Gasteiger partial charge in [-0.25, -0.2) is 8.78 Å². The van der Waals surface area contributed by atoms with E-state index in [1.54, 1.807) is 0 Å². The molecule has 1 aliphatic heterocycles. The summed E-state index contributed by atoms with van der Waals surface area (Å²) in [5, 5.41) is 6.00. The second-order valence-corrected chi connectivity index (χ2v) is 6.82. The molecule has 8 heteroatoms. The maximum Gasteiger partial charge on any atom is 0.416 e. The van der Waals surface area contributed by atoms with E-state index in [0.717, 1.165) is 24.3 Å². The molecule has 3 nitrogen and oxygen atoms in total. The summed E-state index contributed by atoms with van der Waals surface area (Å²) in [4.78, 5) is 12.4. The highest BCUT2D eigenvalue weighted by Crippen LogP contribution is 2.29. The Hall–Kier alpha value is -2.48. The smallest absolute Gasteiger partial charge is 0.351 e. The van der Waals surface area contributed by atoms with Crippen LogP contribution in [-0.2, 0) is 17.4 Å². The number of nitrogens with one attached hydrogen (secondary N) is 2. The van der Waals surface area contributed by atoms with Crippen LogP contribution in [0.3, 0.4) is 0 Å². The quantitative estimate of drug-likeness (QED) is 0.770. The molecule has 2 N–H and O–H groups in total. The van der Waals surface area contributed by atoms with Crippen LogP contribution in [0.1, 0.15) is 29.0 Å². The molecule has 1 heterocycles. The molecule has 1 fully saturated rings. The summed E-state index contributed by atoms with van der Waals surface area (Å²) >= 11 is 0. The fourth-order valence-electron chi connectivity index (χ4n) is 3.41. The molecule has 2 atom stereocenters. The summed E-state index contributed by atoms with van der Waals surface area (Å²) in [5.74, 6) is -2.40. The fourth-order valence-corrected chi connectivity index (χ4v) is 3.41. The lowest BCUT2D eigenvalue weighted by Crippen LogP contribution is -2.50. The predicted molar refractivity (Wildman–Crippen MR) is 93.7 cm³/mol. The molecule has 2 unspecified atom stereocenters. The third kappa shape index (κ3) is 4.86. The first kappa shape index (κ1) is 20.3. The molecule has 1 amide bonds. The standard InChI is InChI=1S/C20H19F5N2O/c21-16-6-3-13(10-17(16)22)15-7-8-26-11-18(15)27-19(28)9-12-1-4-14(5-2-12)20(23,24)25/h1-6,10,15,18,26H,7-9,11H2,(H,27,28). The van der Waals surface area contributed by atoms with Crippen LogP contribution in [0.2, 0.25) is 0 Å². The minimum atomic E-state index is -4.42. The highest BCUT2D eigenvalue weighted by molar-refractivity contribution is 5.79. The van der Waals surface area contributed by atoms with Crippen LogP contribution in [0.25, 0.3) is 0 Å². The summed E-state index contributed by atoms with van der Waals surface area (Å²) in [5.41, 5.74) is 0.283. The van der Waals surface area contributed by atoms with Crippen molar-refractivity contribution >= 4 is 5.91 Å². The van der Waals surface area contributed by atoms with E-state index in [9.17, 15) is 26.7 Å². The molecular formula is C20H19F5N2O. The van der Waals surface area contributed by atoms with Crippen LogP contribution in [-0.4, -0.2) is 25.0 Å². The van der Waals surface area contributed by atoms with E-state index in [0.29, 0.717) is 30.6 Å². The zero-order valence-electron chi connectivity index (χ0n) is 14.8. The van der Waals surface area contributed by atoms with E-state index in [1.165, 1.54) is 18.2 Å². The third-order valence-corrected chi connectivity index (χ3v) is 4.85. The van der Waals surface area contributed by atoms with Crippen molar-refractivity contribution in [2.45, 2.75) is 31.0 Å². The number of amides is 1. The van der Waals surface area contributed by atoms with Crippen LogP contribution >= 0.6 is 0 Å². The number of carbonyl (C=O) groups excluding carboxylic acids is 1. The van der Waals surface area contributed by atoms with Gasteiger partial charge in [-0.15, -0.1) is 0 Å². The highest BCUT2D eigenvalue weighted by Gasteiger charge is 2.30. The van der Waals surface area contributed by atoms with Gasteiger partial charge in [-0.3, -0.25) is 4.79 Å². The average molecular weight is 398 g/mol. The molecule has 150 valence electrons. The maximum atomic E-state index is 13.6. The monoisotopic (exact) mass is 398 g/mol. The lowest BCUT2D eigenvalue weighted by Gasteiger charge is -2.33. The zero-order valence-corrected chi connectivity index (χ0v) is 14.8. The number of hydrogen-bond donors (Lipinski definition) is 2. The van der Waals surface area contributed by atoms with Gasteiger partial charge in [0.25, 0.3) is 0 Å². The Labute approximate surface area is 158 Å². The minimum Gasteiger partial charge on any atom is -0.351 e. The van der Waals surface area contributed by atoms with Crippen molar-refractivity contribution in [3.05, 3.63) is 70.8 Å². The number of halogens is 5. The first-order chi connectivity index (χ1) is 13.2. The van der Waals surface area contributed by atoms with E-state index in [-0.39, 0.29) is 24.3 Å². The van der Waals surface area contributed by atoms with Gasteiger partial charge in [0.2, 0.25) is 5.91 Å². The van der Waals surface area contributed by atoms with Gasteiger partial charge in [0, 0.05) is 18.5 Å². The lowest BCUT2D eigenvalue weighted by molar-refractivity contribution is -0.137. The van der Waals surface area contributed by atoms with E-state index < -0.39 is 23.4 Å². The number of benzene rings is 2. The normalized spacial score (nSPS) is 20.0. The zero-order chi connectivity index (χ0) is 20.3. The molecule has 0 spiro atoms. The molecule has 0 saturated carbocycles. The SMILES string of the molecule is O=C(Cc1ccc(C(F)(F)F)cc1)NC1CNCCC1c1ccc(F)c(F)c1. The lowest BCUT2D eigenvalue weighted by atomic mass is 9.86. The summed E-state index contributed by atoms with van der Waals surface area (Å²) in [6.45, 7) is 1.14. The molecule has 0 bridgehead atoms. The summed E-state index contributed by atoms with van der Waals surface area (Å²) < 4.78 is 64.6. The third-order valence-electron chi connectivity index (χ3n) is 4.85. The van der Waals surface area contributed by atoms with Crippen LogP contribution in [0.5, 0.6) is 0 Å². The van der Waals surface area contributed by atoms with Crippen molar-refractivity contribution in [2.24, 2.45) is 0 Å². The van der Waals surface area contributed by atoms with Crippen molar-refractivity contribution in [3.63, 3.8) is 0 Å². The highest BCUT2D eigenvalue weighted by atomic mass is 19.4. The molecule has 1 aliphatic rings. The average Bonchev–Trinajstić information content (AvgIpc) is 2.64. The van der Waals surface area contributed by atoms with Crippen LogP contribution in [0.15, 0.2) is 42.5 Å². The number of rotatable bonds is 4. The minimum absolute atomic E-state index is 0.0703. The van der Waals surface area contributed by atoms with Gasteiger partial charge in [-0.1, -0.05) is 18.2 Å². The molecule has 0 radical (unpaired) electrons. The predicted octanol–water partition coefficient (Wildman–Crippen LogP) is 3.79. The Morgan fingerprint density at radius 1 is 1.07 bits per heavy atom. The fraction of sp³-hybridized carbons (Fsp3) is 0.350. The van der Waals surface area contributed by atoms with Gasteiger partial charge >= 0.3 is 6.18 Å². The number of hydrogen-bond acceptors (Lipinski definition) is 2. The van der Waals surface area contributed by atoms with Crippen LogP contribution in [0.4, 0.5) is 22.0 Å². The van der Waals surface area contributed by atoms with Crippen LogP contribution in [0, 0.1) is 11.6 Å². The number of alkyl halides is 3. The molecule has 1 saturated heterocycles. The summed E-state index contributed by atoms with van der Waals surface area (Å²) in [6, 6.07) is 7.80.